The third-order valence-electron chi connectivity index (χ3n) is 7.45. The van der Waals surface area contributed by atoms with Crippen molar-refractivity contribution in [1.82, 2.24) is 0 Å². The smallest absolute Gasteiger partial charge is 0.420 e. The van der Waals surface area contributed by atoms with Crippen LogP contribution in [0.2, 0.25) is 0 Å². The van der Waals surface area contributed by atoms with Crippen molar-refractivity contribution < 1.29 is 27.8 Å². The van der Waals surface area contributed by atoms with Gasteiger partial charge in [-0.15, -0.1) is 0 Å². The molecule has 150 valence electrons. The van der Waals surface area contributed by atoms with Crippen LogP contribution < -0.4 is 0 Å². The molecule has 4 bridgehead atoms. The summed E-state index contributed by atoms with van der Waals surface area (Å²) in [5.41, 5.74) is -3.90. The number of alkyl halides is 3. The molecule has 0 saturated heterocycles. The number of halogens is 3. The van der Waals surface area contributed by atoms with Crippen molar-refractivity contribution in [1.29, 1.82) is 0 Å². The summed E-state index contributed by atoms with van der Waals surface area (Å²) in [6.45, 7) is 5.92. The molecule has 0 amide bonds. The van der Waals surface area contributed by atoms with E-state index >= 15 is 0 Å². The highest BCUT2D eigenvalue weighted by atomic mass is 19.4. The van der Waals surface area contributed by atoms with Crippen LogP contribution in [0.5, 0.6) is 0 Å². The molecule has 1 N–H and O–H groups in total. The SMILES string of the molecule is CCC(C)(C)C(=O)OC(C1C2CC3CC(C2)CC1C3)C(C)(O)C(F)(F)F. The first-order valence-electron chi connectivity index (χ1n) is 9.87. The van der Waals surface area contributed by atoms with Crippen LogP contribution in [0.4, 0.5) is 13.2 Å². The molecule has 4 rings (SSSR count). The van der Waals surface area contributed by atoms with Gasteiger partial charge in [0, 0.05) is 5.92 Å². The predicted molar refractivity (Wildman–Crippen MR) is 91.2 cm³/mol. The molecule has 0 radical (unpaired) electrons. The second-order valence-corrected chi connectivity index (χ2v) is 9.72. The Morgan fingerprint density at radius 1 is 1.04 bits per heavy atom. The molecule has 0 aromatic rings. The highest BCUT2D eigenvalue weighted by Gasteiger charge is 2.63. The van der Waals surface area contributed by atoms with Crippen molar-refractivity contribution in [2.24, 2.45) is 35.0 Å². The molecule has 6 heteroatoms. The number of carbonyl (C=O) groups is 1. The zero-order valence-corrected chi connectivity index (χ0v) is 16.1. The molecule has 0 spiro atoms. The highest BCUT2D eigenvalue weighted by Crippen LogP contribution is 2.59. The number of esters is 1. The van der Waals surface area contributed by atoms with E-state index in [4.69, 9.17) is 4.74 Å². The van der Waals surface area contributed by atoms with Gasteiger partial charge in [0.15, 0.2) is 5.60 Å². The Morgan fingerprint density at radius 3 is 1.88 bits per heavy atom. The van der Waals surface area contributed by atoms with E-state index in [1.807, 2.05) is 0 Å². The fourth-order valence-corrected chi connectivity index (χ4v) is 5.61. The molecule has 4 aliphatic rings. The first-order chi connectivity index (χ1) is 11.9. The van der Waals surface area contributed by atoms with Gasteiger partial charge in [0.2, 0.25) is 0 Å². The maximum Gasteiger partial charge on any atom is 0.420 e. The summed E-state index contributed by atoms with van der Waals surface area (Å²) >= 11 is 0. The van der Waals surface area contributed by atoms with Gasteiger partial charge in [-0.3, -0.25) is 4.79 Å². The topological polar surface area (TPSA) is 46.5 Å². The van der Waals surface area contributed by atoms with Gasteiger partial charge in [-0.1, -0.05) is 6.92 Å². The molecule has 0 aromatic carbocycles. The minimum Gasteiger partial charge on any atom is -0.458 e. The van der Waals surface area contributed by atoms with Gasteiger partial charge in [-0.25, -0.2) is 0 Å². The standard InChI is InChI=1S/C20H31F3O3/c1-5-18(2,3)17(24)26-16(19(4,25)20(21,22)23)15-13-7-11-6-12(9-13)10-14(15)8-11/h11-16,25H,5-10H2,1-4H3. The van der Waals surface area contributed by atoms with Crippen LogP contribution in [0.15, 0.2) is 0 Å². The zero-order valence-electron chi connectivity index (χ0n) is 16.1. The fraction of sp³-hybridized carbons (Fsp3) is 0.950. The predicted octanol–water partition coefficient (Wildman–Crippen LogP) is 4.72. The monoisotopic (exact) mass is 376 g/mol. The number of hydrogen-bond donors (Lipinski definition) is 1. The van der Waals surface area contributed by atoms with Gasteiger partial charge in [-0.2, -0.15) is 13.2 Å². The van der Waals surface area contributed by atoms with E-state index in [1.165, 1.54) is 6.42 Å². The lowest BCUT2D eigenvalue weighted by atomic mass is 9.50. The molecular weight excluding hydrogens is 345 g/mol. The lowest BCUT2D eigenvalue weighted by molar-refractivity contribution is -0.303. The normalized spacial score (nSPS) is 37.3. The second-order valence-electron chi connectivity index (χ2n) is 9.72. The Balaban J connectivity index is 1.92. The third kappa shape index (κ3) is 3.27. The van der Waals surface area contributed by atoms with E-state index in [9.17, 15) is 23.1 Å². The van der Waals surface area contributed by atoms with Crippen LogP contribution >= 0.6 is 0 Å². The number of hydrogen-bond acceptors (Lipinski definition) is 3. The van der Waals surface area contributed by atoms with Crippen LogP contribution in [-0.2, 0) is 9.53 Å². The second kappa shape index (κ2) is 6.39. The maximum atomic E-state index is 13.7. The molecule has 0 heterocycles. The minimum atomic E-state index is -4.84. The van der Waals surface area contributed by atoms with Gasteiger partial charge < -0.3 is 9.84 Å². The number of rotatable bonds is 5. The third-order valence-corrected chi connectivity index (χ3v) is 7.45. The Kier molecular flexibility index (Phi) is 4.90. The van der Waals surface area contributed by atoms with E-state index in [2.05, 4.69) is 0 Å². The first kappa shape index (κ1) is 20.0. The molecular formula is C20H31F3O3. The van der Waals surface area contributed by atoms with Crippen molar-refractivity contribution in [2.45, 2.75) is 84.1 Å². The van der Waals surface area contributed by atoms with Crippen LogP contribution in [0.3, 0.4) is 0 Å². The van der Waals surface area contributed by atoms with E-state index < -0.39 is 35.2 Å². The average Bonchev–Trinajstić information content (AvgIpc) is 2.51. The lowest BCUT2D eigenvalue weighted by Crippen LogP contribution is -2.62. The Morgan fingerprint density at radius 2 is 1.50 bits per heavy atom. The molecule has 0 aliphatic heterocycles. The van der Waals surface area contributed by atoms with Crippen LogP contribution in [-0.4, -0.2) is 29.0 Å². The summed E-state index contributed by atoms with van der Waals surface area (Å²) in [7, 11) is 0. The van der Waals surface area contributed by atoms with Gasteiger partial charge in [0.25, 0.3) is 0 Å². The van der Waals surface area contributed by atoms with Gasteiger partial charge in [0.05, 0.1) is 5.41 Å². The fourth-order valence-electron chi connectivity index (χ4n) is 5.61. The zero-order chi connectivity index (χ0) is 19.5. The minimum absolute atomic E-state index is 0.114. The largest absolute Gasteiger partial charge is 0.458 e. The molecule has 2 atom stereocenters. The van der Waals surface area contributed by atoms with Crippen molar-refractivity contribution in [3.63, 3.8) is 0 Å². The molecule has 4 saturated carbocycles. The quantitative estimate of drug-likeness (QED) is 0.706. The summed E-state index contributed by atoms with van der Waals surface area (Å²) in [5, 5.41) is 10.5. The van der Waals surface area contributed by atoms with Crippen molar-refractivity contribution in [2.75, 3.05) is 0 Å². The van der Waals surface area contributed by atoms with E-state index in [0.29, 0.717) is 18.3 Å². The number of ether oxygens (including phenoxy) is 1. The Bertz CT molecular complexity index is 525. The molecule has 26 heavy (non-hydrogen) atoms. The molecule has 0 aromatic heterocycles. The van der Waals surface area contributed by atoms with Gasteiger partial charge >= 0.3 is 12.1 Å². The highest BCUT2D eigenvalue weighted by molar-refractivity contribution is 5.76. The Hall–Kier alpha value is -0.780. The summed E-state index contributed by atoms with van der Waals surface area (Å²) in [6, 6.07) is 0. The molecule has 3 nitrogen and oxygen atoms in total. The van der Waals surface area contributed by atoms with Gasteiger partial charge in [0.1, 0.15) is 6.10 Å². The summed E-state index contributed by atoms with van der Waals surface area (Å²) in [4.78, 5) is 12.6. The van der Waals surface area contributed by atoms with E-state index in [-0.39, 0.29) is 11.8 Å². The van der Waals surface area contributed by atoms with Crippen LogP contribution in [0, 0.1) is 35.0 Å². The van der Waals surface area contributed by atoms with E-state index in [1.54, 1.807) is 20.8 Å². The average molecular weight is 376 g/mol. The maximum absolute atomic E-state index is 13.7. The summed E-state index contributed by atoms with van der Waals surface area (Å²) in [6.07, 6.45) is -1.13. The number of aliphatic hydroxyl groups is 1. The summed E-state index contributed by atoms with van der Waals surface area (Å²) in [5.74, 6) is 0.352. The van der Waals surface area contributed by atoms with Crippen molar-refractivity contribution in [3.8, 4) is 0 Å². The molecule has 2 unspecified atom stereocenters. The molecule has 4 fully saturated rings. The number of carbonyl (C=O) groups excluding carboxylic acids is 1. The van der Waals surface area contributed by atoms with Gasteiger partial charge in [-0.05, 0) is 83.0 Å². The lowest BCUT2D eigenvalue weighted by Gasteiger charge is -2.57. The Labute approximate surface area is 153 Å². The van der Waals surface area contributed by atoms with Crippen molar-refractivity contribution in [3.05, 3.63) is 0 Å². The van der Waals surface area contributed by atoms with Crippen molar-refractivity contribution >= 4 is 5.97 Å². The first-order valence-corrected chi connectivity index (χ1v) is 9.87. The van der Waals surface area contributed by atoms with Crippen LogP contribution in [0.1, 0.15) is 66.2 Å². The van der Waals surface area contributed by atoms with Crippen LogP contribution in [0.25, 0.3) is 0 Å². The van der Waals surface area contributed by atoms with E-state index in [0.717, 1.165) is 32.6 Å². The molecule has 4 aliphatic carbocycles. The summed E-state index contributed by atoms with van der Waals surface area (Å²) < 4.78 is 46.6.